The van der Waals surface area contributed by atoms with Crippen molar-refractivity contribution in [1.82, 2.24) is 15.1 Å². The standard InChI is InChI=1S/C19H26N4O3/c1-19(2,3)21-18(26)23-8-4-7-22(9-10-23)17(25)13-5-6-15-14(11-13)12-16(24)20-15/h5-6,11H,4,7-10,12H2,1-3H3,(H,20,24)(H,21,26). The zero-order chi connectivity index (χ0) is 18.9. The molecule has 0 aliphatic carbocycles. The van der Waals surface area contributed by atoms with Crippen molar-refractivity contribution in [2.45, 2.75) is 39.2 Å². The minimum Gasteiger partial charge on any atom is -0.337 e. The van der Waals surface area contributed by atoms with Crippen LogP contribution in [-0.4, -0.2) is 59.4 Å². The highest BCUT2D eigenvalue weighted by Gasteiger charge is 2.26. The summed E-state index contributed by atoms with van der Waals surface area (Å²) in [5, 5.41) is 5.74. The van der Waals surface area contributed by atoms with Gasteiger partial charge in [0.05, 0.1) is 6.42 Å². The maximum Gasteiger partial charge on any atom is 0.317 e. The fraction of sp³-hybridized carbons (Fsp3) is 0.526. The predicted octanol–water partition coefficient (Wildman–Crippen LogP) is 1.84. The zero-order valence-electron chi connectivity index (χ0n) is 15.6. The summed E-state index contributed by atoms with van der Waals surface area (Å²) in [4.78, 5) is 40.2. The second-order valence-electron chi connectivity index (χ2n) is 7.91. The first-order chi connectivity index (χ1) is 12.2. The van der Waals surface area contributed by atoms with Crippen LogP contribution in [0, 0.1) is 0 Å². The van der Waals surface area contributed by atoms with Crippen LogP contribution in [0.1, 0.15) is 43.1 Å². The van der Waals surface area contributed by atoms with E-state index in [-0.39, 0.29) is 23.4 Å². The summed E-state index contributed by atoms with van der Waals surface area (Å²) in [6.45, 7) is 8.12. The molecule has 2 aliphatic heterocycles. The van der Waals surface area contributed by atoms with Crippen molar-refractivity contribution >= 4 is 23.5 Å². The summed E-state index contributed by atoms with van der Waals surface area (Å²) in [5.41, 5.74) is 1.96. The average molecular weight is 358 g/mol. The van der Waals surface area contributed by atoms with Crippen molar-refractivity contribution in [3.05, 3.63) is 29.3 Å². The Bertz CT molecular complexity index is 739. The van der Waals surface area contributed by atoms with E-state index in [1.165, 1.54) is 0 Å². The van der Waals surface area contributed by atoms with Crippen molar-refractivity contribution in [2.24, 2.45) is 0 Å². The molecule has 7 nitrogen and oxygen atoms in total. The van der Waals surface area contributed by atoms with E-state index < -0.39 is 0 Å². The van der Waals surface area contributed by atoms with Gasteiger partial charge in [0.1, 0.15) is 0 Å². The maximum absolute atomic E-state index is 12.8. The van der Waals surface area contributed by atoms with Crippen LogP contribution in [0.5, 0.6) is 0 Å². The van der Waals surface area contributed by atoms with E-state index in [1.54, 1.807) is 28.0 Å². The molecule has 26 heavy (non-hydrogen) atoms. The molecular weight excluding hydrogens is 332 g/mol. The van der Waals surface area contributed by atoms with Crippen LogP contribution in [0.3, 0.4) is 0 Å². The maximum atomic E-state index is 12.8. The van der Waals surface area contributed by atoms with Gasteiger partial charge in [0.2, 0.25) is 5.91 Å². The van der Waals surface area contributed by atoms with Gasteiger partial charge in [-0.3, -0.25) is 9.59 Å². The first kappa shape index (κ1) is 18.2. The first-order valence-corrected chi connectivity index (χ1v) is 9.02. The lowest BCUT2D eigenvalue weighted by Crippen LogP contribution is -2.49. The van der Waals surface area contributed by atoms with Gasteiger partial charge in [0, 0.05) is 43.0 Å². The van der Waals surface area contributed by atoms with Crippen LogP contribution >= 0.6 is 0 Å². The molecule has 1 saturated heterocycles. The van der Waals surface area contributed by atoms with Crippen molar-refractivity contribution < 1.29 is 14.4 Å². The van der Waals surface area contributed by atoms with Gasteiger partial charge in [-0.1, -0.05) is 0 Å². The smallest absolute Gasteiger partial charge is 0.317 e. The molecule has 7 heteroatoms. The van der Waals surface area contributed by atoms with Crippen LogP contribution in [0.2, 0.25) is 0 Å². The average Bonchev–Trinajstić information content (AvgIpc) is 2.76. The third-order valence-corrected chi connectivity index (χ3v) is 4.53. The van der Waals surface area contributed by atoms with Gasteiger partial charge in [0.25, 0.3) is 5.91 Å². The van der Waals surface area contributed by atoms with Gasteiger partial charge in [-0.15, -0.1) is 0 Å². The van der Waals surface area contributed by atoms with Crippen molar-refractivity contribution in [3.8, 4) is 0 Å². The lowest BCUT2D eigenvalue weighted by molar-refractivity contribution is -0.115. The van der Waals surface area contributed by atoms with Crippen molar-refractivity contribution in [3.63, 3.8) is 0 Å². The van der Waals surface area contributed by atoms with E-state index in [9.17, 15) is 14.4 Å². The molecule has 0 unspecified atom stereocenters. The van der Waals surface area contributed by atoms with E-state index >= 15 is 0 Å². The molecule has 1 aromatic rings. The monoisotopic (exact) mass is 358 g/mol. The van der Waals surface area contributed by atoms with Crippen molar-refractivity contribution in [1.29, 1.82) is 0 Å². The summed E-state index contributed by atoms with van der Waals surface area (Å²) in [5.74, 6) is -0.0925. The van der Waals surface area contributed by atoms with E-state index in [0.717, 1.165) is 17.7 Å². The number of urea groups is 1. The van der Waals surface area contributed by atoms with E-state index in [0.29, 0.717) is 38.2 Å². The van der Waals surface area contributed by atoms with Crippen LogP contribution < -0.4 is 10.6 Å². The highest BCUT2D eigenvalue weighted by molar-refractivity contribution is 6.01. The fourth-order valence-electron chi connectivity index (χ4n) is 3.27. The summed E-state index contributed by atoms with van der Waals surface area (Å²) in [7, 11) is 0. The molecule has 3 rings (SSSR count). The van der Waals surface area contributed by atoms with Crippen LogP contribution in [-0.2, 0) is 11.2 Å². The molecule has 1 aromatic carbocycles. The number of amides is 4. The second kappa shape index (κ2) is 6.97. The zero-order valence-corrected chi connectivity index (χ0v) is 15.6. The van der Waals surface area contributed by atoms with Crippen LogP contribution in [0.25, 0.3) is 0 Å². The lowest BCUT2D eigenvalue weighted by atomic mass is 10.1. The summed E-state index contributed by atoms with van der Waals surface area (Å²) < 4.78 is 0. The number of nitrogens with zero attached hydrogens (tertiary/aromatic N) is 2. The summed E-state index contributed by atoms with van der Waals surface area (Å²) in [6.07, 6.45) is 1.06. The Morgan fingerprint density at radius 1 is 1.08 bits per heavy atom. The molecule has 4 amide bonds. The minimum absolute atomic E-state index is 0.0418. The number of carbonyl (C=O) groups is 3. The number of carbonyl (C=O) groups excluding carboxylic acids is 3. The van der Waals surface area contributed by atoms with E-state index in [2.05, 4.69) is 10.6 Å². The van der Waals surface area contributed by atoms with Gasteiger partial charge in [-0.2, -0.15) is 0 Å². The summed E-state index contributed by atoms with van der Waals surface area (Å²) in [6, 6.07) is 5.25. The van der Waals surface area contributed by atoms with Crippen LogP contribution in [0.4, 0.5) is 10.5 Å². The highest BCUT2D eigenvalue weighted by Crippen LogP contribution is 2.24. The predicted molar refractivity (Wildman–Crippen MR) is 99.2 cm³/mol. The normalized spacial score (nSPS) is 17.4. The SMILES string of the molecule is CC(C)(C)NC(=O)N1CCCN(C(=O)c2ccc3c(c2)CC(=O)N3)CC1. The van der Waals surface area contributed by atoms with Gasteiger partial charge in [-0.25, -0.2) is 4.79 Å². The number of nitrogens with one attached hydrogen (secondary N) is 2. The Morgan fingerprint density at radius 2 is 1.77 bits per heavy atom. The second-order valence-corrected chi connectivity index (χ2v) is 7.91. The largest absolute Gasteiger partial charge is 0.337 e. The quantitative estimate of drug-likeness (QED) is 0.804. The Kier molecular flexibility index (Phi) is 4.89. The molecule has 0 saturated carbocycles. The third-order valence-electron chi connectivity index (χ3n) is 4.53. The number of hydrogen-bond donors (Lipinski definition) is 2. The Morgan fingerprint density at radius 3 is 2.50 bits per heavy atom. The molecule has 0 spiro atoms. The number of benzene rings is 1. The number of fused-ring (bicyclic) bond motifs is 1. The summed E-state index contributed by atoms with van der Waals surface area (Å²) >= 11 is 0. The molecule has 0 atom stereocenters. The molecule has 0 radical (unpaired) electrons. The first-order valence-electron chi connectivity index (χ1n) is 9.02. The van der Waals surface area contributed by atoms with Crippen LogP contribution in [0.15, 0.2) is 18.2 Å². The fourth-order valence-corrected chi connectivity index (χ4v) is 3.27. The number of hydrogen-bond acceptors (Lipinski definition) is 3. The molecular formula is C19H26N4O3. The molecule has 2 aliphatic rings. The van der Waals surface area contributed by atoms with Crippen molar-refractivity contribution in [2.75, 3.05) is 31.5 Å². The number of rotatable bonds is 1. The minimum atomic E-state index is -0.283. The molecule has 140 valence electrons. The number of anilines is 1. The van der Waals surface area contributed by atoms with E-state index in [4.69, 9.17) is 0 Å². The van der Waals surface area contributed by atoms with Gasteiger partial charge in [0.15, 0.2) is 0 Å². The Labute approximate surface area is 153 Å². The molecule has 0 aromatic heterocycles. The highest BCUT2D eigenvalue weighted by atomic mass is 16.2. The molecule has 2 heterocycles. The lowest BCUT2D eigenvalue weighted by Gasteiger charge is -2.27. The van der Waals surface area contributed by atoms with Gasteiger partial charge in [-0.05, 0) is 51.0 Å². The van der Waals surface area contributed by atoms with Gasteiger partial charge >= 0.3 is 6.03 Å². The third kappa shape index (κ3) is 4.15. The molecule has 1 fully saturated rings. The molecule has 2 N–H and O–H groups in total. The Hall–Kier alpha value is -2.57. The van der Waals surface area contributed by atoms with E-state index in [1.807, 2.05) is 20.8 Å². The van der Waals surface area contributed by atoms with Gasteiger partial charge < -0.3 is 20.4 Å². The topological polar surface area (TPSA) is 81.8 Å². The molecule has 0 bridgehead atoms. The Balaban J connectivity index is 1.64.